The fraction of sp³-hybridized carbons (Fsp3) is 0.400. The van der Waals surface area contributed by atoms with Crippen molar-refractivity contribution in [2.45, 2.75) is 32.7 Å². The van der Waals surface area contributed by atoms with Crippen molar-refractivity contribution in [3.63, 3.8) is 0 Å². The maximum Gasteiger partial charge on any atom is 0.407 e. The number of benzene rings is 2. The number of nitrogens with zero attached hydrogens (tertiary/aromatic N) is 1. The summed E-state index contributed by atoms with van der Waals surface area (Å²) in [6.45, 7) is 5.90. The van der Waals surface area contributed by atoms with E-state index in [2.05, 4.69) is 17.4 Å². The van der Waals surface area contributed by atoms with Gasteiger partial charge in [0, 0.05) is 19.0 Å². The van der Waals surface area contributed by atoms with Crippen LogP contribution in [0.1, 0.15) is 37.8 Å². The van der Waals surface area contributed by atoms with Gasteiger partial charge in [-0.25, -0.2) is 4.79 Å². The summed E-state index contributed by atoms with van der Waals surface area (Å²) in [7, 11) is 0. The Morgan fingerprint density at radius 2 is 1.66 bits per heavy atom. The summed E-state index contributed by atoms with van der Waals surface area (Å²) in [4.78, 5) is 38.2. The number of rotatable bonds is 5. The number of hydrogen-bond donors (Lipinski definition) is 2. The first-order chi connectivity index (χ1) is 15.2. The van der Waals surface area contributed by atoms with Crippen LogP contribution >= 0.6 is 0 Å². The highest BCUT2D eigenvalue weighted by atomic mass is 16.5. The molecule has 1 fully saturated rings. The first kappa shape index (κ1) is 21.9. The van der Waals surface area contributed by atoms with E-state index >= 15 is 0 Å². The Kier molecular flexibility index (Phi) is 5.67. The van der Waals surface area contributed by atoms with Gasteiger partial charge in [0.25, 0.3) is 0 Å². The van der Waals surface area contributed by atoms with Gasteiger partial charge in [-0.2, -0.15) is 0 Å². The molecule has 1 heterocycles. The number of likely N-dealkylation sites (tertiary alicyclic amines) is 1. The van der Waals surface area contributed by atoms with Gasteiger partial charge in [-0.1, -0.05) is 62.4 Å². The standard InChI is InChI=1S/C25H28N2O5/c1-15(22(28)27-12-21(23(29)30)25(2,3)14-27)26-24(31)32-13-20-18-10-6-4-8-16(18)17-9-5-7-11-19(17)20/h4-11,15,20-21H,12-14H2,1-3H3,(H,26,31)(H,29,30)/t15-,21?/m1/s1. The Bertz CT molecular complexity index is 1020. The molecule has 2 aromatic carbocycles. The van der Waals surface area contributed by atoms with Crippen molar-refractivity contribution in [3.05, 3.63) is 59.7 Å². The largest absolute Gasteiger partial charge is 0.481 e. The molecule has 0 spiro atoms. The zero-order chi connectivity index (χ0) is 23.0. The number of carboxylic acids is 1. The van der Waals surface area contributed by atoms with Crippen molar-refractivity contribution < 1.29 is 24.2 Å². The van der Waals surface area contributed by atoms with Crippen molar-refractivity contribution in [1.29, 1.82) is 0 Å². The molecule has 7 nitrogen and oxygen atoms in total. The van der Waals surface area contributed by atoms with Crippen LogP contribution in [-0.2, 0) is 14.3 Å². The van der Waals surface area contributed by atoms with Gasteiger partial charge in [-0.3, -0.25) is 9.59 Å². The van der Waals surface area contributed by atoms with E-state index in [1.165, 1.54) is 4.90 Å². The Balaban J connectivity index is 1.37. The molecule has 1 unspecified atom stereocenters. The maximum absolute atomic E-state index is 12.8. The second kappa shape index (κ2) is 8.30. The molecular weight excluding hydrogens is 408 g/mol. The molecule has 4 rings (SSSR count). The summed E-state index contributed by atoms with van der Waals surface area (Å²) in [5.41, 5.74) is 4.00. The molecular formula is C25H28N2O5. The van der Waals surface area contributed by atoms with Crippen molar-refractivity contribution >= 4 is 18.0 Å². The number of fused-ring (bicyclic) bond motifs is 3. The minimum atomic E-state index is -0.914. The lowest BCUT2D eigenvalue weighted by molar-refractivity contribution is -0.144. The van der Waals surface area contributed by atoms with Crippen molar-refractivity contribution in [1.82, 2.24) is 10.2 Å². The highest BCUT2D eigenvalue weighted by molar-refractivity contribution is 5.86. The molecule has 1 saturated heterocycles. The average molecular weight is 437 g/mol. The van der Waals surface area contributed by atoms with Crippen LogP contribution in [-0.4, -0.2) is 53.7 Å². The maximum atomic E-state index is 12.8. The molecule has 2 aromatic rings. The zero-order valence-electron chi connectivity index (χ0n) is 18.5. The Labute approximate surface area is 187 Å². The fourth-order valence-corrected chi connectivity index (χ4v) is 4.87. The van der Waals surface area contributed by atoms with E-state index in [4.69, 9.17) is 4.74 Å². The van der Waals surface area contributed by atoms with Gasteiger partial charge >= 0.3 is 12.1 Å². The lowest BCUT2D eigenvalue weighted by atomic mass is 9.82. The number of ether oxygens (including phenoxy) is 1. The van der Waals surface area contributed by atoms with Gasteiger partial charge in [0.05, 0.1) is 5.92 Å². The molecule has 2 aliphatic rings. The van der Waals surface area contributed by atoms with Gasteiger partial charge in [0.1, 0.15) is 12.6 Å². The zero-order valence-corrected chi connectivity index (χ0v) is 18.5. The van der Waals surface area contributed by atoms with E-state index in [0.29, 0.717) is 6.54 Å². The van der Waals surface area contributed by atoms with Crippen LogP contribution in [0.15, 0.2) is 48.5 Å². The molecule has 2 atom stereocenters. The van der Waals surface area contributed by atoms with Gasteiger partial charge in [-0.05, 0) is 34.6 Å². The topological polar surface area (TPSA) is 95.9 Å². The summed E-state index contributed by atoms with van der Waals surface area (Å²) in [6, 6.07) is 15.3. The van der Waals surface area contributed by atoms with Crippen LogP contribution < -0.4 is 5.32 Å². The number of hydrogen-bond acceptors (Lipinski definition) is 4. The minimum absolute atomic E-state index is 0.0603. The number of aliphatic carboxylic acids is 1. The molecule has 32 heavy (non-hydrogen) atoms. The van der Waals surface area contributed by atoms with E-state index in [1.54, 1.807) is 6.92 Å². The lowest BCUT2D eigenvalue weighted by Crippen LogP contribution is -2.47. The van der Waals surface area contributed by atoms with Crippen molar-refractivity contribution in [2.24, 2.45) is 11.3 Å². The molecule has 1 aliphatic carbocycles. The van der Waals surface area contributed by atoms with Crippen LogP contribution in [0, 0.1) is 11.3 Å². The lowest BCUT2D eigenvalue weighted by Gasteiger charge is -2.24. The molecule has 0 aromatic heterocycles. The summed E-state index contributed by atoms with van der Waals surface area (Å²) >= 11 is 0. The van der Waals surface area contributed by atoms with Crippen LogP contribution in [0.25, 0.3) is 11.1 Å². The van der Waals surface area contributed by atoms with Crippen LogP contribution in [0.5, 0.6) is 0 Å². The van der Waals surface area contributed by atoms with E-state index in [1.807, 2.05) is 50.2 Å². The van der Waals surface area contributed by atoms with Crippen molar-refractivity contribution in [3.8, 4) is 11.1 Å². The van der Waals surface area contributed by atoms with Gasteiger partial charge < -0.3 is 20.1 Å². The predicted molar refractivity (Wildman–Crippen MR) is 119 cm³/mol. The highest BCUT2D eigenvalue weighted by Gasteiger charge is 2.46. The second-order valence-electron chi connectivity index (χ2n) is 9.29. The number of alkyl carbamates (subject to hydrolysis) is 1. The normalized spacial score (nSPS) is 19.7. The number of carbonyl (C=O) groups is 3. The van der Waals surface area contributed by atoms with E-state index in [-0.39, 0.29) is 25.0 Å². The third kappa shape index (κ3) is 3.95. The molecule has 1 aliphatic heterocycles. The smallest absolute Gasteiger partial charge is 0.407 e. The third-order valence-corrected chi connectivity index (χ3v) is 6.60. The van der Waals surface area contributed by atoms with Crippen molar-refractivity contribution in [2.75, 3.05) is 19.7 Å². The molecule has 7 heteroatoms. The highest BCUT2D eigenvalue weighted by Crippen LogP contribution is 2.44. The molecule has 168 valence electrons. The molecule has 2 N–H and O–H groups in total. The Hall–Kier alpha value is -3.35. The Morgan fingerprint density at radius 3 is 2.19 bits per heavy atom. The van der Waals surface area contributed by atoms with Gasteiger partial charge in [0.2, 0.25) is 5.91 Å². The SMILES string of the molecule is C[C@@H](NC(=O)OCC1c2ccccc2-c2ccccc21)C(=O)N1CC(C(=O)O)C(C)(C)C1. The summed E-state index contributed by atoms with van der Waals surface area (Å²) in [5, 5.41) is 12.0. The number of amides is 2. The molecule has 2 amide bonds. The third-order valence-electron chi connectivity index (χ3n) is 6.60. The average Bonchev–Trinajstić information content (AvgIpc) is 3.26. The molecule has 0 bridgehead atoms. The predicted octanol–water partition coefficient (Wildman–Crippen LogP) is 3.48. The van der Waals surface area contributed by atoms with Gasteiger partial charge in [-0.15, -0.1) is 0 Å². The quantitative estimate of drug-likeness (QED) is 0.748. The number of carboxylic acid groups (broad SMARTS) is 1. The monoisotopic (exact) mass is 436 g/mol. The summed E-state index contributed by atoms with van der Waals surface area (Å²) in [5.74, 6) is -1.92. The minimum Gasteiger partial charge on any atom is -0.481 e. The summed E-state index contributed by atoms with van der Waals surface area (Å²) < 4.78 is 5.51. The fourth-order valence-electron chi connectivity index (χ4n) is 4.87. The summed E-state index contributed by atoms with van der Waals surface area (Å²) in [6.07, 6.45) is -0.666. The molecule has 0 saturated carbocycles. The van der Waals surface area contributed by atoms with E-state index in [9.17, 15) is 19.5 Å². The van der Waals surface area contributed by atoms with Crippen LogP contribution in [0.2, 0.25) is 0 Å². The van der Waals surface area contributed by atoms with Gasteiger partial charge in [0.15, 0.2) is 0 Å². The van der Waals surface area contributed by atoms with Crippen LogP contribution in [0.4, 0.5) is 4.79 Å². The van der Waals surface area contributed by atoms with Crippen LogP contribution in [0.3, 0.4) is 0 Å². The van der Waals surface area contributed by atoms with E-state index in [0.717, 1.165) is 22.3 Å². The second-order valence-corrected chi connectivity index (χ2v) is 9.29. The number of carbonyl (C=O) groups excluding carboxylic acids is 2. The first-order valence-corrected chi connectivity index (χ1v) is 10.8. The Morgan fingerprint density at radius 1 is 1.09 bits per heavy atom. The molecule has 0 radical (unpaired) electrons. The number of nitrogens with one attached hydrogen (secondary N) is 1. The first-order valence-electron chi connectivity index (χ1n) is 10.8. The van der Waals surface area contributed by atoms with E-state index < -0.39 is 29.4 Å².